The Morgan fingerprint density at radius 2 is 1.62 bits per heavy atom. The Balaban J connectivity index is 3.67. The van der Waals surface area contributed by atoms with E-state index in [1.165, 1.54) is 0 Å². The number of rotatable bonds is 4. The Kier molecular flexibility index (Phi) is 4.28. The molecule has 5 nitrogen and oxygen atoms in total. The van der Waals surface area contributed by atoms with Gasteiger partial charge >= 0.3 is 0 Å². The van der Waals surface area contributed by atoms with E-state index in [4.69, 9.17) is 17.2 Å². The van der Waals surface area contributed by atoms with Gasteiger partial charge in [0.15, 0.2) is 0 Å². The molecule has 0 aromatic rings. The molecule has 0 aliphatic heterocycles. The fraction of sp³-hybridized carbons (Fsp3) is 1.00. The summed E-state index contributed by atoms with van der Waals surface area (Å²) in [7, 11) is 0. The quantitative estimate of drug-likeness (QED) is 0.423. The molecule has 0 aromatic carbocycles. The molecular formula is C8H21N4O-. The van der Waals surface area contributed by atoms with Gasteiger partial charge in [-0.25, -0.2) is 0 Å². The first kappa shape index (κ1) is 12.8. The van der Waals surface area contributed by atoms with Gasteiger partial charge in [0.25, 0.3) is 0 Å². The van der Waals surface area contributed by atoms with Gasteiger partial charge in [0.05, 0.1) is 0 Å². The highest BCUT2D eigenvalue weighted by Crippen LogP contribution is 2.12. The van der Waals surface area contributed by atoms with E-state index in [-0.39, 0.29) is 5.54 Å². The normalized spacial score (nSPS) is 13.8. The Hall–Kier alpha value is -0.200. The second-order valence-electron chi connectivity index (χ2n) is 4.49. The number of hydroxylamine groups is 2. The van der Waals surface area contributed by atoms with Gasteiger partial charge < -0.3 is 27.5 Å². The summed E-state index contributed by atoms with van der Waals surface area (Å²) in [6, 6.07) is 0. The summed E-state index contributed by atoms with van der Waals surface area (Å²) in [5.41, 5.74) is 15.7. The summed E-state index contributed by atoms with van der Waals surface area (Å²) in [5, 5.41) is 12.4. The van der Waals surface area contributed by atoms with Crippen LogP contribution >= 0.6 is 0 Å². The van der Waals surface area contributed by atoms with Gasteiger partial charge in [0.1, 0.15) is 5.79 Å². The van der Waals surface area contributed by atoms with Gasteiger partial charge in [-0.15, -0.1) is 0 Å². The fourth-order valence-electron chi connectivity index (χ4n) is 0.864. The van der Waals surface area contributed by atoms with E-state index in [1.54, 1.807) is 0 Å². The van der Waals surface area contributed by atoms with Crippen molar-refractivity contribution in [2.45, 2.75) is 44.9 Å². The highest BCUT2D eigenvalue weighted by Gasteiger charge is 2.14. The zero-order valence-electron chi connectivity index (χ0n) is 8.71. The molecular weight excluding hydrogens is 168 g/mol. The smallest absolute Gasteiger partial charge is 0.115 e. The average Bonchev–Trinajstić information content (AvgIpc) is 1.82. The average molecular weight is 189 g/mol. The second kappa shape index (κ2) is 4.34. The summed E-state index contributed by atoms with van der Waals surface area (Å²) in [5.74, 6) is -1.15. The van der Waals surface area contributed by atoms with Crippen LogP contribution in [0.3, 0.4) is 0 Å². The van der Waals surface area contributed by atoms with Gasteiger partial charge in [-0.1, -0.05) is 0 Å². The molecule has 80 valence electrons. The third-order valence-corrected chi connectivity index (χ3v) is 1.72. The van der Waals surface area contributed by atoms with Crippen molar-refractivity contribution in [3.05, 3.63) is 5.21 Å². The van der Waals surface area contributed by atoms with Crippen LogP contribution in [0.15, 0.2) is 0 Å². The Bertz CT molecular complexity index is 147. The standard InChI is InChI=1S/C8H21N4O/c1-7(2,3)12(13)6-4-5-8(9,10)11/h4-6,9-11H2,1-3H3/q-1. The van der Waals surface area contributed by atoms with E-state index in [1.807, 2.05) is 20.8 Å². The lowest BCUT2D eigenvalue weighted by molar-refractivity contribution is 0.197. The van der Waals surface area contributed by atoms with E-state index in [0.29, 0.717) is 19.4 Å². The van der Waals surface area contributed by atoms with E-state index in [9.17, 15) is 5.21 Å². The topological polar surface area (TPSA) is 104 Å². The van der Waals surface area contributed by atoms with Crippen LogP contribution in [0.25, 0.3) is 0 Å². The van der Waals surface area contributed by atoms with Crippen LogP contribution in [0.1, 0.15) is 33.6 Å². The van der Waals surface area contributed by atoms with Crippen molar-refractivity contribution in [3.63, 3.8) is 0 Å². The van der Waals surface area contributed by atoms with Crippen molar-refractivity contribution in [2.24, 2.45) is 17.2 Å². The molecule has 0 aliphatic carbocycles. The van der Waals surface area contributed by atoms with E-state index >= 15 is 0 Å². The monoisotopic (exact) mass is 189 g/mol. The molecule has 0 bridgehead atoms. The maximum atomic E-state index is 11.3. The van der Waals surface area contributed by atoms with Crippen molar-refractivity contribution in [1.82, 2.24) is 5.06 Å². The Labute approximate surface area is 79.8 Å². The molecule has 0 spiro atoms. The molecule has 5 heteroatoms. The van der Waals surface area contributed by atoms with Crippen molar-refractivity contribution in [1.29, 1.82) is 0 Å². The molecule has 0 aliphatic rings. The van der Waals surface area contributed by atoms with Gasteiger partial charge in [0.2, 0.25) is 0 Å². The lowest BCUT2D eigenvalue weighted by Crippen LogP contribution is -2.58. The van der Waals surface area contributed by atoms with Crippen molar-refractivity contribution < 1.29 is 0 Å². The van der Waals surface area contributed by atoms with E-state index in [0.717, 1.165) is 5.06 Å². The third kappa shape index (κ3) is 6.92. The zero-order valence-corrected chi connectivity index (χ0v) is 8.71. The van der Waals surface area contributed by atoms with Crippen molar-refractivity contribution in [2.75, 3.05) is 6.54 Å². The second-order valence-corrected chi connectivity index (χ2v) is 4.49. The van der Waals surface area contributed by atoms with Gasteiger partial charge in [0, 0.05) is 5.54 Å². The Morgan fingerprint density at radius 3 is 1.92 bits per heavy atom. The molecule has 13 heavy (non-hydrogen) atoms. The molecule has 0 atom stereocenters. The van der Waals surface area contributed by atoms with Gasteiger partial charge in [-0.3, -0.25) is 0 Å². The van der Waals surface area contributed by atoms with Gasteiger partial charge in [-0.05, 0) is 40.2 Å². The first-order valence-electron chi connectivity index (χ1n) is 4.44. The summed E-state index contributed by atoms with van der Waals surface area (Å²) in [6.45, 7) is 6.00. The Morgan fingerprint density at radius 1 is 1.15 bits per heavy atom. The van der Waals surface area contributed by atoms with Crippen LogP contribution in [-0.4, -0.2) is 22.9 Å². The molecule has 0 radical (unpaired) electrons. The fourth-order valence-corrected chi connectivity index (χ4v) is 0.864. The van der Waals surface area contributed by atoms with Crippen LogP contribution in [0.4, 0.5) is 0 Å². The minimum atomic E-state index is -1.15. The SMILES string of the molecule is CC(C)(C)N([O-])CCCC(N)(N)N. The van der Waals surface area contributed by atoms with Crippen molar-refractivity contribution >= 4 is 0 Å². The summed E-state index contributed by atoms with van der Waals surface area (Å²) in [6.07, 6.45) is 1.06. The van der Waals surface area contributed by atoms with Crippen LogP contribution in [0.5, 0.6) is 0 Å². The molecule has 0 heterocycles. The number of nitrogens with zero attached hydrogens (tertiary/aromatic N) is 1. The first-order chi connectivity index (χ1) is 5.63. The summed E-state index contributed by atoms with van der Waals surface area (Å²) >= 11 is 0. The van der Waals surface area contributed by atoms with Gasteiger partial charge in [-0.2, -0.15) is 0 Å². The van der Waals surface area contributed by atoms with Crippen LogP contribution in [0.2, 0.25) is 0 Å². The number of hydrogen-bond donors (Lipinski definition) is 3. The third-order valence-electron chi connectivity index (χ3n) is 1.72. The summed E-state index contributed by atoms with van der Waals surface area (Å²) in [4.78, 5) is 0. The maximum Gasteiger partial charge on any atom is 0.115 e. The number of hydrogen-bond acceptors (Lipinski definition) is 5. The highest BCUT2D eigenvalue weighted by molar-refractivity contribution is 4.77. The largest absolute Gasteiger partial charge is 0.785 e. The molecule has 0 fully saturated rings. The molecule has 0 amide bonds. The lowest BCUT2D eigenvalue weighted by atomic mass is 10.1. The first-order valence-corrected chi connectivity index (χ1v) is 4.44. The summed E-state index contributed by atoms with van der Waals surface area (Å²) < 4.78 is 0. The molecule has 0 saturated carbocycles. The zero-order chi connectivity index (χ0) is 10.7. The van der Waals surface area contributed by atoms with E-state index in [2.05, 4.69) is 0 Å². The molecule has 0 unspecified atom stereocenters. The minimum absolute atomic E-state index is 0.361. The number of nitrogens with two attached hydrogens (primary N) is 3. The molecule has 0 saturated heterocycles. The van der Waals surface area contributed by atoms with Crippen molar-refractivity contribution in [3.8, 4) is 0 Å². The molecule has 0 aromatic heterocycles. The predicted octanol–water partition coefficient (Wildman–Crippen LogP) is -0.105. The van der Waals surface area contributed by atoms with Crippen LogP contribution in [-0.2, 0) is 0 Å². The maximum absolute atomic E-state index is 11.3. The van der Waals surface area contributed by atoms with Crippen LogP contribution in [0, 0.1) is 5.21 Å². The van der Waals surface area contributed by atoms with Crippen LogP contribution < -0.4 is 17.2 Å². The van der Waals surface area contributed by atoms with E-state index < -0.39 is 5.79 Å². The lowest BCUT2D eigenvalue weighted by Gasteiger charge is -2.41. The minimum Gasteiger partial charge on any atom is -0.785 e. The predicted molar refractivity (Wildman–Crippen MR) is 54.4 cm³/mol. The molecule has 6 N–H and O–H groups in total. The molecule has 0 rings (SSSR count). The highest BCUT2D eigenvalue weighted by atomic mass is 16.5.